The number of rotatable bonds is 4. The minimum absolute atomic E-state index is 0.216. The molecule has 0 aliphatic carbocycles. The highest BCUT2D eigenvalue weighted by Crippen LogP contribution is 2.10. The third kappa shape index (κ3) is 2.31. The van der Waals surface area contributed by atoms with Crippen molar-refractivity contribution in [3.8, 4) is 0 Å². The van der Waals surface area contributed by atoms with Crippen molar-refractivity contribution in [1.82, 2.24) is 14.8 Å². The first-order valence-corrected chi connectivity index (χ1v) is 4.63. The molecule has 1 aromatic rings. The van der Waals surface area contributed by atoms with Gasteiger partial charge in [0.1, 0.15) is 12.2 Å². The van der Waals surface area contributed by atoms with E-state index >= 15 is 0 Å². The van der Waals surface area contributed by atoms with Crippen LogP contribution in [0.4, 0.5) is 0 Å². The Bertz CT molecular complexity index is 320. The summed E-state index contributed by atoms with van der Waals surface area (Å²) in [5.41, 5.74) is 0. The minimum Gasteiger partial charge on any atom is -0.481 e. The molecule has 1 heterocycles. The molecule has 0 bridgehead atoms. The van der Waals surface area contributed by atoms with Crippen LogP contribution < -0.4 is 0 Å². The van der Waals surface area contributed by atoms with E-state index in [4.69, 9.17) is 5.11 Å². The summed E-state index contributed by atoms with van der Waals surface area (Å²) in [5, 5.41) is 12.8. The van der Waals surface area contributed by atoms with Crippen molar-refractivity contribution in [1.29, 1.82) is 0 Å². The summed E-state index contributed by atoms with van der Waals surface area (Å²) in [4.78, 5) is 14.7. The van der Waals surface area contributed by atoms with Crippen LogP contribution in [0.3, 0.4) is 0 Å². The van der Waals surface area contributed by atoms with Crippen LogP contribution in [0.2, 0.25) is 0 Å². The smallest absolute Gasteiger partial charge is 0.306 e. The summed E-state index contributed by atoms with van der Waals surface area (Å²) in [6.45, 7) is 5.65. The molecule has 0 fully saturated rings. The molecule has 1 atom stereocenters. The quantitative estimate of drug-likeness (QED) is 0.785. The molecular weight excluding hydrogens is 182 g/mol. The van der Waals surface area contributed by atoms with Crippen molar-refractivity contribution in [3.05, 3.63) is 12.2 Å². The van der Waals surface area contributed by atoms with Crippen molar-refractivity contribution in [2.75, 3.05) is 0 Å². The fourth-order valence-corrected chi connectivity index (χ4v) is 1.21. The molecule has 1 N–H and O–H groups in total. The first-order chi connectivity index (χ1) is 6.52. The lowest BCUT2D eigenvalue weighted by Gasteiger charge is -2.10. The Labute approximate surface area is 82.8 Å². The van der Waals surface area contributed by atoms with Crippen molar-refractivity contribution in [3.63, 3.8) is 0 Å². The van der Waals surface area contributed by atoms with Crippen LogP contribution in [0.15, 0.2) is 6.33 Å². The standard InChI is InChI=1S/C9H15N3O2/c1-6(2)12-8(10-5-11-12)4-7(3)9(13)14/h5-7H,4H2,1-3H3,(H,13,14). The van der Waals surface area contributed by atoms with E-state index in [2.05, 4.69) is 10.1 Å². The Kier molecular flexibility index (Phi) is 3.22. The molecule has 14 heavy (non-hydrogen) atoms. The normalized spacial score (nSPS) is 13.1. The first kappa shape index (κ1) is 10.7. The van der Waals surface area contributed by atoms with Crippen LogP contribution >= 0.6 is 0 Å². The summed E-state index contributed by atoms with van der Waals surface area (Å²) in [7, 11) is 0. The molecule has 0 aliphatic heterocycles. The van der Waals surface area contributed by atoms with Gasteiger partial charge in [0.2, 0.25) is 0 Å². The van der Waals surface area contributed by atoms with Crippen LogP contribution in [0.1, 0.15) is 32.6 Å². The number of carbonyl (C=O) groups is 1. The fourth-order valence-electron chi connectivity index (χ4n) is 1.21. The third-order valence-corrected chi connectivity index (χ3v) is 2.05. The van der Waals surface area contributed by atoms with Crippen LogP contribution in [0, 0.1) is 5.92 Å². The second-order valence-corrected chi connectivity index (χ2v) is 3.66. The highest BCUT2D eigenvalue weighted by Gasteiger charge is 2.16. The monoisotopic (exact) mass is 197 g/mol. The van der Waals surface area contributed by atoms with Crippen molar-refractivity contribution in [2.24, 2.45) is 5.92 Å². The zero-order valence-electron chi connectivity index (χ0n) is 8.64. The minimum atomic E-state index is -0.802. The van der Waals surface area contributed by atoms with Crippen LogP contribution in [0.5, 0.6) is 0 Å². The van der Waals surface area contributed by atoms with Gasteiger partial charge in [0, 0.05) is 12.5 Å². The van der Waals surface area contributed by atoms with Gasteiger partial charge in [-0.1, -0.05) is 6.92 Å². The predicted octanol–water partition coefficient (Wildman–Crippen LogP) is 1.12. The summed E-state index contributed by atoms with van der Waals surface area (Å²) in [6.07, 6.45) is 1.89. The molecule has 0 aliphatic rings. The number of aromatic nitrogens is 3. The zero-order valence-corrected chi connectivity index (χ0v) is 8.64. The van der Waals surface area contributed by atoms with E-state index in [0.29, 0.717) is 6.42 Å². The molecule has 0 radical (unpaired) electrons. The number of hydrogen-bond acceptors (Lipinski definition) is 3. The van der Waals surface area contributed by atoms with Gasteiger partial charge in [-0.15, -0.1) is 0 Å². The molecule has 78 valence electrons. The topological polar surface area (TPSA) is 68.0 Å². The van der Waals surface area contributed by atoms with E-state index in [1.807, 2.05) is 13.8 Å². The van der Waals surface area contributed by atoms with Gasteiger partial charge in [-0.05, 0) is 13.8 Å². The lowest BCUT2D eigenvalue weighted by atomic mass is 10.1. The van der Waals surface area contributed by atoms with E-state index in [1.54, 1.807) is 11.6 Å². The summed E-state index contributed by atoms with van der Waals surface area (Å²) in [5.74, 6) is -0.491. The molecular formula is C9H15N3O2. The number of aliphatic carboxylic acids is 1. The number of nitrogens with zero attached hydrogens (tertiary/aromatic N) is 3. The second-order valence-electron chi connectivity index (χ2n) is 3.66. The molecule has 0 saturated heterocycles. The van der Waals surface area contributed by atoms with Gasteiger partial charge in [-0.25, -0.2) is 9.67 Å². The molecule has 0 aromatic carbocycles. The predicted molar refractivity (Wildman–Crippen MR) is 50.9 cm³/mol. The average Bonchev–Trinajstić information content (AvgIpc) is 2.52. The molecule has 1 rings (SSSR count). The van der Waals surface area contributed by atoms with Crippen molar-refractivity contribution >= 4 is 5.97 Å². The van der Waals surface area contributed by atoms with Crippen LogP contribution in [-0.2, 0) is 11.2 Å². The molecule has 0 amide bonds. The molecule has 5 heteroatoms. The molecule has 0 saturated carbocycles. The van der Waals surface area contributed by atoms with Gasteiger partial charge in [0.25, 0.3) is 0 Å². The Morgan fingerprint density at radius 1 is 1.57 bits per heavy atom. The van der Waals surface area contributed by atoms with Crippen LogP contribution in [-0.4, -0.2) is 25.8 Å². The maximum absolute atomic E-state index is 10.6. The Morgan fingerprint density at radius 2 is 2.21 bits per heavy atom. The van der Waals surface area contributed by atoms with Gasteiger partial charge in [-0.2, -0.15) is 5.10 Å². The van der Waals surface area contributed by atoms with Crippen molar-refractivity contribution in [2.45, 2.75) is 33.2 Å². The first-order valence-electron chi connectivity index (χ1n) is 4.63. The molecule has 1 aromatic heterocycles. The van der Waals surface area contributed by atoms with E-state index in [1.165, 1.54) is 6.33 Å². The summed E-state index contributed by atoms with van der Waals surface area (Å²) >= 11 is 0. The SMILES string of the molecule is CC(Cc1ncnn1C(C)C)C(=O)O. The lowest BCUT2D eigenvalue weighted by molar-refractivity contribution is -0.141. The van der Waals surface area contributed by atoms with Crippen molar-refractivity contribution < 1.29 is 9.90 Å². The Hall–Kier alpha value is -1.39. The van der Waals surface area contributed by atoms with E-state index in [-0.39, 0.29) is 6.04 Å². The summed E-state index contributed by atoms with van der Waals surface area (Å²) in [6, 6.07) is 0.216. The highest BCUT2D eigenvalue weighted by atomic mass is 16.4. The molecule has 5 nitrogen and oxygen atoms in total. The van der Waals surface area contributed by atoms with E-state index in [0.717, 1.165) is 5.82 Å². The fraction of sp³-hybridized carbons (Fsp3) is 0.667. The summed E-state index contributed by atoms with van der Waals surface area (Å²) < 4.78 is 1.75. The van der Waals surface area contributed by atoms with E-state index in [9.17, 15) is 4.79 Å². The highest BCUT2D eigenvalue weighted by molar-refractivity contribution is 5.69. The maximum atomic E-state index is 10.6. The van der Waals surface area contributed by atoms with E-state index < -0.39 is 11.9 Å². The van der Waals surface area contributed by atoms with Gasteiger partial charge < -0.3 is 5.11 Å². The maximum Gasteiger partial charge on any atom is 0.306 e. The largest absolute Gasteiger partial charge is 0.481 e. The zero-order chi connectivity index (χ0) is 10.7. The number of carboxylic acids is 1. The third-order valence-electron chi connectivity index (χ3n) is 2.05. The number of carboxylic acid groups (broad SMARTS) is 1. The van der Waals surface area contributed by atoms with Gasteiger partial charge in [0.05, 0.1) is 5.92 Å². The Balaban J connectivity index is 2.76. The van der Waals surface area contributed by atoms with Crippen LogP contribution in [0.25, 0.3) is 0 Å². The van der Waals surface area contributed by atoms with Gasteiger partial charge >= 0.3 is 5.97 Å². The number of hydrogen-bond donors (Lipinski definition) is 1. The molecule has 1 unspecified atom stereocenters. The average molecular weight is 197 g/mol. The van der Waals surface area contributed by atoms with Gasteiger partial charge in [0.15, 0.2) is 0 Å². The lowest BCUT2D eigenvalue weighted by Crippen LogP contribution is -2.17. The van der Waals surface area contributed by atoms with Gasteiger partial charge in [-0.3, -0.25) is 4.79 Å². The Morgan fingerprint density at radius 3 is 2.71 bits per heavy atom. The second kappa shape index (κ2) is 4.21. The molecule has 0 spiro atoms.